The molecule has 2 fully saturated rings. The molecule has 17 nitrogen and oxygen atoms in total. The van der Waals surface area contributed by atoms with E-state index in [0.717, 1.165) is 83.8 Å². The van der Waals surface area contributed by atoms with Gasteiger partial charge in [-0.1, -0.05) is 119 Å². The molecule has 9 heterocycles. The van der Waals surface area contributed by atoms with Crippen molar-refractivity contribution in [3.63, 3.8) is 0 Å². The molecule has 2 atom stereocenters. The third-order valence-corrected chi connectivity index (χ3v) is 23.4. The summed E-state index contributed by atoms with van der Waals surface area (Å²) in [6.45, 7) is 24.7. The van der Waals surface area contributed by atoms with Gasteiger partial charge in [-0.25, -0.2) is 19.2 Å². The van der Waals surface area contributed by atoms with E-state index in [0.29, 0.717) is 61.8 Å². The van der Waals surface area contributed by atoms with Crippen LogP contribution in [0.3, 0.4) is 0 Å². The highest BCUT2D eigenvalue weighted by molar-refractivity contribution is 6.09. The SMILES string of the molecule is CC1(C)C(/C=C/C=C2/N(CCC3OCCO3)c3ccc(COC(=O)c4ccccc4)cc3C2(C)C)=[N+](CCC2OCCO2)c2ccc(COC(=O)c3ccccc3)cc21.CC1(C)C2=C3C=C4C5=[N+](CCC4OC3CCN2c2ccc(COC(=O)c3ccccc3)cc21)c1ccc(COC(=O)c2ccccc2)cc1C5(C)C.[Cl-].[Cl-]. The van der Waals surface area contributed by atoms with Gasteiger partial charge in [0.2, 0.25) is 11.4 Å². The molecule has 9 aliphatic rings. The summed E-state index contributed by atoms with van der Waals surface area (Å²) in [5.74, 6) is -1.32. The van der Waals surface area contributed by atoms with Gasteiger partial charge in [-0.3, -0.25) is 0 Å². The monoisotopic (exact) mass is 1560 g/mol. The number of hydrogen-bond donors (Lipinski definition) is 0. The van der Waals surface area contributed by atoms with Gasteiger partial charge in [-0.05, 0) is 177 Å². The molecule has 113 heavy (non-hydrogen) atoms. The summed E-state index contributed by atoms with van der Waals surface area (Å²) in [4.78, 5) is 55.8. The highest BCUT2D eigenvalue weighted by Gasteiger charge is 2.55. The van der Waals surface area contributed by atoms with Crippen LogP contribution in [0.5, 0.6) is 0 Å². The fraction of sp³-hybridized carbons (Fsp3) is 0.340. The summed E-state index contributed by atoms with van der Waals surface area (Å²) in [5, 5.41) is 0. The molecule has 0 N–H and O–H groups in total. The second kappa shape index (κ2) is 33.2. The van der Waals surface area contributed by atoms with Crippen LogP contribution in [0.1, 0.15) is 167 Å². The lowest BCUT2D eigenvalue weighted by atomic mass is 9.73. The van der Waals surface area contributed by atoms with Crippen LogP contribution in [0, 0.1) is 0 Å². The number of fused-ring (bicyclic) bond motifs is 10. The molecule has 9 aliphatic heterocycles. The van der Waals surface area contributed by atoms with E-state index in [9.17, 15) is 19.2 Å². The van der Waals surface area contributed by atoms with Crippen LogP contribution in [0.15, 0.2) is 241 Å². The Morgan fingerprint density at radius 1 is 0.478 bits per heavy atom. The van der Waals surface area contributed by atoms with Crippen molar-refractivity contribution in [1.29, 1.82) is 0 Å². The number of carbonyl (C=O) groups is 4. The van der Waals surface area contributed by atoms with Crippen molar-refractivity contribution in [2.75, 3.05) is 62.4 Å². The molecule has 584 valence electrons. The number of carbonyl (C=O) groups excluding carboxylic acids is 4. The third kappa shape index (κ3) is 15.8. The first-order valence-electron chi connectivity index (χ1n) is 39.0. The lowest BCUT2D eigenvalue weighted by molar-refractivity contribution is -0.445. The zero-order chi connectivity index (χ0) is 76.8. The second-order valence-corrected chi connectivity index (χ2v) is 31.9. The Balaban J connectivity index is 0.000000185. The molecule has 2 saturated heterocycles. The average Bonchev–Trinajstić information content (AvgIpc) is 1.54. The molecule has 0 aliphatic carbocycles. The molecule has 19 heteroatoms. The Kier molecular flexibility index (Phi) is 23.3. The lowest BCUT2D eigenvalue weighted by Gasteiger charge is -2.42. The minimum Gasteiger partial charge on any atom is -1.00 e. The molecule has 0 bridgehead atoms. The van der Waals surface area contributed by atoms with Crippen LogP contribution < -0.4 is 34.6 Å². The topological polar surface area (TPSA) is 164 Å². The number of nitrogens with zero attached hydrogens (tertiary/aromatic N) is 4. The number of esters is 4. The van der Waals surface area contributed by atoms with Crippen molar-refractivity contribution in [3.8, 4) is 0 Å². The van der Waals surface area contributed by atoms with Crippen LogP contribution in [0.2, 0.25) is 0 Å². The van der Waals surface area contributed by atoms with Crippen LogP contribution in [0.25, 0.3) is 0 Å². The minimum absolute atomic E-state index is 0. The molecule has 8 aromatic rings. The molecule has 2 unspecified atom stereocenters. The summed E-state index contributed by atoms with van der Waals surface area (Å²) >= 11 is 0. The number of benzene rings is 8. The van der Waals surface area contributed by atoms with Crippen molar-refractivity contribution < 1.29 is 95.8 Å². The molecule has 8 aromatic carbocycles. The molecular formula is C94H96Cl2N4O13. The maximum Gasteiger partial charge on any atom is 0.338 e. The Morgan fingerprint density at radius 2 is 0.920 bits per heavy atom. The smallest absolute Gasteiger partial charge is 0.338 e. The van der Waals surface area contributed by atoms with Gasteiger partial charge in [-0.15, -0.1) is 0 Å². The van der Waals surface area contributed by atoms with E-state index in [1.165, 1.54) is 56.2 Å². The van der Waals surface area contributed by atoms with Crippen molar-refractivity contribution >= 4 is 58.1 Å². The number of hydrogen-bond acceptors (Lipinski definition) is 15. The molecule has 0 amide bonds. The second-order valence-electron chi connectivity index (χ2n) is 31.9. The molecule has 0 radical (unpaired) electrons. The Hall–Kier alpha value is -10.1. The van der Waals surface area contributed by atoms with E-state index in [1.54, 1.807) is 48.5 Å². The zero-order valence-corrected chi connectivity index (χ0v) is 66.8. The van der Waals surface area contributed by atoms with Gasteiger partial charge in [0.15, 0.2) is 37.1 Å². The highest BCUT2D eigenvalue weighted by Crippen LogP contribution is 2.55. The van der Waals surface area contributed by atoms with E-state index in [4.69, 9.17) is 42.6 Å². The van der Waals surface area contributed by atoms with Gasteiger partial charge >= 0.3 is 23.9 Å². The fourth-order valence-electron chi connectivity index (χ4n) is 17.7. The van der Waals surface area contributed by atoms with E-state index >= 15 is 0 Å². The molecule has 17 rings (SSSR count). The largest absolute Gasteiger partial charge is 1.00 e. The summed E-state index contributed by atoms with van der Waals surface area (Å²) < 4.78 is 58.2. The fourth-order valence-corrected chi connectivity index (χ4v) is 17.7. The third-order valence-electron chi connectivity index (χ3n) is 23.4. The zero-order valence-electron chi connectivity index (χ0n) is 65.3. The number of allylic oxidation sites excluding steroid dienone is 5. The van der Waals surface area contributed by atoms with Crippen molar-refractivity contribution in [2.45, 2.75) is 154 Å². The van der Waals surface area contributed by atoms with Gasteiger partial charge in [0, 0.05) is 100 Å². The van der Waals surface area contributed by atoms with Crippen molar-refractivity contribution in [3.05, 3.63) is 308 Å². The van der Waals surface area contributed by atoms with Gasteiger partial charge in [-0.2, -0.15) is 9.15 Å². The standard InChI is InChI=1S/C49H53N2O8.C45H43N2O5.2ClH/c1-48(2)38-30-34(32-58-46(52)36-12-7-5-8-13-36)18-20-40(38)50(24-22-44-54-26-27-55-44)42(48)16-11-17-43-49(3,4)39-31-35(33-59-47(53)37-14-9-6-10-15-37)19-21-41(39)51(43)25-23-45-56-28-29-57-45;1-44(2)34-23-28(26-50-42(48)30-11-7-5-8-12-30)15-17-36(34)46-21-19-38-32(40(44)46)25-33-39(52-38)20-22-47-37-18-16-29(24-35(37)45(3,4)41(33)47)27-51-43(49)31-13-9-6-10-14-31;;/h5-21,30-31,44-45H,22-29,32-33H2,1-4H3;5-18,23-25,38-39H,19-22,26-27H2,1-4H3;2*1H/q2*+1;;/p-2. The van der Waals surface area contributed by atoms with Crippen LogP contribution in [-0.4, -0.2) is 122 Å². The predicted molar refractivity (Wildman–Crippen MR) is 425 cm³/mol. The van der Waals surface area contributed by atoms with Gasteiger partial charge in [0.1, 0.15) is 26.4 Å². The quantitative estimate of drug-likeness (QED) is 0.0402. The van der Waals surface area contributed by atoms with Gasteiger partial charge in [0.05, 0.1) is 78.1 Å². The van der Waals surface area contributed by atoms with E-state index in [1.807, 2.05) is 84.9 Å². The first-order chi connectivity index (χ1) is 53.7. The maximum absolute atomic E-state index is 12.8. The van der Waals surface area contributed by atoms with Gasteiger partial charge < -0.3 is 77.2 Å². The number of halogens is 2. The van der Waals surface area contributed by atoms with E-state index < -0.39 is 0 Å². The first-order valence-corrected chi connectivity index (χ1v) is 39.0. The Bertz CT molecular complexity index is 5130. The van der Waals surface area contributed by atoms with Crippen LogP contribution in [0.4, 0.5) is 22.7 Å². The molecule has 0 spiro atoms. The number of anilines is 2. The van der Waals surface area contributed by atoms with Gasteiger partial charge in [0.25, 0.3) is 0 Å². The molecule has 0 saturated carbocycles. The predicted octanol–water partition coefficient (Wildman–Crippen LogP) is 10.9. The Morgan fingerprint density at radius 3 is 1.42 bits per heavy atom. The first kappa shape index (κ1) is 79.6. The highest BCUT2D eigenvalue weighted by atomic mass is 35.5. The summed E-state index contributed by atoms with van der Waals surface area (Å²) in [7, 11) is 0. The maximum atomic E-state index is 12.8. The minimum atomic E-state index is -0.363. The normalized spacial score (nSPS) is 20.0. The van der Waals surface area contributed by atoms with E-state index in [2.05, 4.69) is 159 Å². The lowest BCUT2D eigenvalue weighted by Crippen LogP contribution is -3.00. The van der Waals surface area contributed by atoms with Crippen molar-refractivity contribution in [1.82, 2.24) is 0 Å². The molecule has 0 aromatic heterocycles. The summed E-state index contributed by atoms with van der Waals surface area (Å²) in [6, 6.07) is 62.1. The Labute approximate surface area is 674 Å². The average molecular weight is 1560 g/mol. The van der Waals surface area contributed by atoms with Crippen LogP contribution in [-0.2, 0) is 90.7 Å². The number of rotatable bonds is 20. The molecular weight excluding hydrogens is 1460 g/mol. The van der Waals surface area contributed by atoms with Crippen LogP contribution >= 0.6 is 0 Å². The van der Waals surface area contributed by atoms with E-state index in [-0.39, 0.29) is 122 Å². The summed E-state index contributed by atoms with van der Waals surface area (Å²) in [6.07, 6.45) is 12.0. The summed E-state index contributed by atoms with van der Waals surface area (Å²) in [5.41, 5.74) is 21.7. The number of ether oxygens (including phenoxy) is 9. The van der Waals surface area contributed by atoms with Crippen molar-refractivity contribution in [2.24, 2.45) is 0 Å².